The molecule has 0 aromatic heterocycles. The van der Waals surface area contributed by atoms with Crippen molar-refractivity contribution in [3.8, 4) is 6.07 Å². The van der Waals surface area contributed by atoms with Crippen molar-refractivity contribution < 1.29 is 4.79 Å². The SMILES string of the molecule is CCCCNC(=O)C(C)Nc1ccc(Br)cc1C#N. The monoisotopic (exact) mass is 323 g/mol. The summed E-state index contributed by atoms with van der Waals surface area (Å²) < 4.78 is 0.842. The molecule has 5 heteroatoms. The molecule has 1 unspecified atom stereocenters. The highest BCUT2D eigenvalue weighted by atomic mass is 79.9. The minimum atomic E-state index is -0.370. The highest BCUT2D eigenvalue weighted by Crippen LogP contribution is 2.20. The first-order valence-corrected chi connectivity index (χ1v) is 7.11. The molecule has 19 heavy (non-hydrogen) atoms. The average molecular weight is 324 g/mol. The van der Waals surface area contributed by atoms with Crippen LogP contribution in [0.2, 0.25) is 0 Å². The predicted molar refractivity (Wildman–Crippen MR) is 79.9 cm³/mol. The predicted octanol–water partition coefficient (Wildman–Crippen LogP) is 3.04. The van der Waals surface area contributed by atoms with E-state index in [1.165, 1.54) is 0 Å². The Morgan fingerprint density at radius 3 is 2.89 bits per heavy atom. The van der Waals surface area contributed by atoms with Crippen molar-refractivity contribution in [3.05, 3.63) is 28.2 Å². The lowest BCUT2D eigenvalue weighted by atomic mass is 10.1. The smallest absolute Gasteiger partial charge is 0.242 e. The van der Waals surface area contributed by atoms with Crippen LogP contribution in [-0.4, -0.2) is 18.5 Å². The Balaban J connectivity index is 2.64. The van der Waals surface area contributed by atoms with E-state index in [-0.39, 0.29) is 11.9 Å². The zero-order valence-electron chi connectivity index (χ0n) is 11.2. The lowest BCUT2D eigenvalue weighted by Crippen LogP contribution is -2.38. The van der Waals surface area contributed by atoms with Gasteiger partial charge in [-0.1, -0.05) is 29.3 Å². The topological polar surface area (TPSA) is 64.9 Å². The number of benzene rings is 1. The molecule has 1 amide bonds. The van der Waals surface area contributed by atoms with Gasteiger partial charge in [0.15, 0.2) is 0 Å². The molecule has 0 bridgehead atoms. The molecule has 1 aromatic rings. The maximum atomic E-state index is 11.8. The van der Waals surface area contributed by atoms with Crippen LogP contribution in [0, 0.1) is 11.3 Å². The van der Waals surface area contributed by atoms with E-state index in [0.29, 0.717) is 17.8 Å². The fraction of sp³-hybridized carbons (Fsp3) is 0.429. The van der Waals surface area contributed by atoms with E-state index in [2.05, 4.69) is 39.6 Å². The molecule has 4 nitrogen and oxygen atoms in total. The van der Waals surface area contributed by atoms with Crippen molar-refractivity contribution in [2.45, 2.75) is 32.7 Å². The first kappa shape index (κ1) is 15.5. The number of anilines is 1. The van der Waals surface area contributed by atoms with E-state index in [1.54, 1.807) is 19.1 Å². The molecule has 0 fully saturated rings. The minimum absolute atomic E-state index is 0.0553. The van der Waals surface area contributed by atoms with Crippen molar-refractivity contribution in [3.63, 3.8) is 0 Å². The highest BCUT2D eigenvalue weighted by molar-refractivity contribution is 9.10. The molecule has 102 valence electrons. The summed E-state index contributed by atoms with van der Waals surface area (Å²) in [5.74, 6) is -0.0553. The van der Waals surface area contributed by atoms with Crippen molar-refractivity contribution in [2.75, 3.05) is 11.9 Å². The quantitative estimate of drug-likeness (QED) is 0.791. The number of carbonyl (C=O) groups is 1. The van der Waals surface area contributed by atoms with Gasteiger partial charge in [-0.15, -0.1) is 0 Å². The summed E-state index contributed by atoms with van der Waals surface area (Å²) in [5.41, 5.74) is 1.19. The molecule has 1 rings (SSSR count). The lowest BCUT2D eigenvalue weighted by molar-refractivity contribution is -0.121. The van der Waals surface area contributed by atoms with Crippen molar-refractivity contribution in [1.29, 1.82) is 5.26 Å². The second kappa shape index (κ2) is 7.80. The van der Waals surface area contributed by atoms with Gasteiger partial charge >= 0.3 is 0 Å². The van der Waals surface area contributed by atoms with Crippen LogP contribution in [0.5, 0.6) is 0 Å². The normalized spacial score (nSPS) is 11.5. The third kappa shape index (κ3) is 4.92. The van der Waals surface area contributed by atoms with Crippen LogP contribution in [0.4, 0.5) is 5.69 Å². The van der Waals surface area contributed by atoms with E-state index in [4.69, 9.17) is 5.26 Å². The molecule has 2 N–H and O–H groups in total. The number of halogens is 1. The Morgan fingerprint density at radius 2 is 2.26 bits per heavy atom. The number of unbranched alkanes of at least 4 members (excludes halogenated alkanes) is 1. The summed E-state index contributed by atoms with van der Waals surface area (Å²) in [6.07, 6.45) is 2.02. The largest absolute Gasteiger partial charge is 0.373 e. The minimum Gasteiger partial charge on any atom is -0.373 e. The van der Waals surface area contributed by atoms with Crippen LogP contribution in [0.1, 0.15) is 32.3 Å². The third-order valence-corrected chi connectivity index (χ3v) is 3.19. The first-order valence-electron chi connectivity index (χ1n) is 6.32. The van der Waals surface area contributed by atoms with Crippen molar-refractivity contribution in [1.82, 2.24) is 5.32 Å². The highest BCUT2D eigenvalue weighted by Gasteiger charge is 2.13. The maximum Gasteiger partial charge on any atom is 0.242 e. The summed E-state index contributed by atoms with van der Waals surface area (Å²) in [6, 6.07) is 7.09. The Bertz CT molecular complexity index is 482. The maximum absolute atomic E-state index is 11.8. The van der Waals surface area contributed by atoms with Gasteiger partial charge in [-0.05, 0) is 31.5 Å². The van der Waals surface area contributed by atoms with E-state index >= 15 is 0 Å². The van der Waals surface area contributed by atoms with Crippen LogP contribution in [0.15, 0.2) is 22.7 Å². The van der Waals surface area contributed by atoms with Crippen molar-refractivity contribution in [2.24, 2.45) is 0 Å². The number of carbonyl (C=O) groups excluding carboxylic acids is 1. The van der Waals surface area contributed by atoms with Gasteiger partial charge < -0.3 is 10.6 Å². The van der Waals surface area contributed by atoms with E-state index in [0.717, 1.165) is 17.3 Å². The molecular weight excluding hydrogens is 306 g/mol. The fourth-order valence-electron chi connectivity index (χ4n) is 1.58. The zero-order valence-corrected chi connectivity index (χ0v) is 12.8. The van der Waals surface area contributed by atoms with E-state index in [1.807, 2.05) is 6.07 Å². The molecule has 0 aliphatic carbocycles. The van der Waals surface area contributed by atoms with Gasteiger partial charge in [-0.25, -0.2) is 0 Å². The first-order chi connectivity index (χ1) is 9.08. The Hall–Kier alpha value is -1.54. The number of rotatable bonds is 6. The van der Waals surface area contributed by atoms with Gasteiger partial charge in [0.25, 0.3) is 0 Å². The molecular formula is C14H18BrN3O. The summed E-state index contributed by atoms with van der Waals surface area (Å²) in [4.78, 5) is 11.8. The van der Waals surface area contributed by atoms with Gasteiger partial charge in [0.1, 0.15) is 12.1 Å². The second-order valence-corrected chi connectivity index (χ2v) is 5.23. The number of hydrogen-bond acceptors (Lipinski definition) is 3. The molecule has 1 aromatic carbocycles. The molecule has 1 atom stereocenters. The summed E-state index contributed by atoms with van der Waals surface area (Å²) in [5, 5.41) is 15.0. The van der Waals surface area contributed by atoms with Gasteiger partial charge in [0.05, 0.1) is 11.3 Å². The molecule has 0 aliphatic rings. The third-order valence-electron chi connectivity index (χ3n) is 2.70. The second-order valence-electron chi connectivity index (χ2n) is 4.31. The van der Waals surface area contributed by atoms with Crippen LogP contribution < -0.4 is 10.6 Å². The molecule has 0 radical (unpaired) electrons. The molecule has 0 saturated heterocycles. The number of hydrogen-bond donors (Lipinski definition) is 2. The molecule has 0 aliphatic heterocycles. The van der Waals surface area contributed by atoms with Crippen LogP contribution in [0.3, 0.4) is 0 Å². The Labute approximate surface area is 122 Å². The van der Waals surface area contributed by atoms with Crippen LogP contribution in [0.25, 0.3) is 0 Å². The van der Waals surface area contributed by atoms with Gasteiger partial charge in [-0.2, -0.15) is 5.26 Å². The molecule has 0 saturated carbocycles. The van der Waals surface area contributed by atoms with E-state index < -0.39 is 0 Å². The van der Waals surface area contributed by atoms with Gasteiger partial charge in [0.2, 0.25) is 5.91 Å². The standard InChI is InChI=1S/C14H18BrN3O/c1-3-4-7-17-14(19)10(2)18-13-6-5-12(15)8-11(13)9-16/h5-6,8,10,18H,3-4,7H2,1-2H3,(H,17,19). The van der Waals surface area contributed by atoms with E-state index in [9.17, 15) is 4.79 Å². The number of nitrogens with one attached hydrogen (secondary N) is 2. The molecule has 0 heterocycles. The summed E-state index contributed by atoms with van der Waals surface area (Å²) in [6.45, 7) is 4.55. The average Bonchev–Trinajstić information content (AvgIpc) is 2.40. The molecule has 0 spiro atoms. The zero-order chi connectivity index (χ0) is 14.3. The Kier molecular flexibility index (Phi) is 6.37. The van der Waals surface area contributed by atoms with Crippen molar-refractivity contribution >= 4 is 27.5 Å². The lowest BCUT2D eigenvalue weighted by Gasteiger charge is -2.16. The Morgan fingerprint density at radius 1 is 1.53 bits per heavy atom. The summed E-state index contributed by atoms with van der Waals surface area (Å²) in [7, 11) is 0. The van der Waals surface area contributed by atoms with Gasteiger partial charge in [0, 0.05) is 11.0 Å². The fourth-order valence-corrected chi connectivity index (χ4v) is 1.94. The number of amides is 1. The van der Waals surface area contributed by atoms with Gasteiger partial charge in [-0.3, -0.25) is 4.79 Å². The summed E-state index contributed by atoms with van der Waals surface area (Å²) >= 11 is 3.32. The number of nitriles is 1. The number of nitrogens with zero attached hydrogens (tertiary/aromatic N) is 1. The van der Waals surface area contributed by atoms with Crippen LogP contribution in [-0.2, 0) is 4.79 Å². The van der Waals surface area contributed by atoms with Crippen LogP contribution >= 0.6 is 15.9 Å².